The van der Waals surface area contributed by atoms with Gasteiger partial charge in [-0.05, 0) is 74.9 Å². The summed E-state index contributed by atoms with van der Waals surface area (Å²) in [6.45, 7) is 15.9. The molecule has 10 heteroatoms. The molecule has 82 heavy (non-hydrogen) atoms. The number of ether oxygens (including phenoxy) is 9. The van der Waals surface area contributed by atoms with Crippen molar-refractivity contribution in [2.45, 2.75) is 251 Å². The van der Waals surface area contributed by atoms with Gasteiger partial charge in [-0.3, -0.25) is 4.90 Å². The summed E-state index contributed by atoms with van der Waals surface area (Å²) in [5.74, 6) is 2.71. The van der Waals surface area contributed by atoms with Crippen LogP contribution < -0.4 is 14.2 Å². The van der Waals surface area contributed by atoms with Crippen molar-refractivity contribution in [3.05, 3.63) is 91.0 Å². The lowest BCUT2D eigenvalue weighted by atomic mass is 10.0. The molecule has 0 N–H and O–H groups in total. The van der Waals surface area contributed by atoms with Gasteiger partial charge in [0.1, 0.15) is 35.6 Å². The SMILES string of the molecule is CCCCCCCCCCCCC(COCCOCCN(CCOCCOCC(CCCCCCCCCCCC)Oc1ccccc1)CCOCCOCC(CCCCCCCCCCCC)Oc1ccccc1)Oc1ccccc1. The minimum atomic E-state index is 0.0274. The van der Waals surface area contributed by atoms with E-state index in [2.05, 4.69) is 25.7 Å². The Morgan fingerprint density at radius 3 is 0.720 bits per heavy atom. The lowest BCUT2D eigenvalue weighted by Crippen LogP contribution is -2.34. The lowest BCUT2D eigenvalue weighted by molar-refractivity contribution is -0.0105. The largest absolute Gasteiger partial charge is 0.488 e. The second kappa shape index (κ2) is 56.9. The van der Waals surface area contributed by atoms with Crippen molar-refractivity contribution in [3.8, 4) is 17.2 Å². The second-order valence-corrected chi connectivity index (χ2v) is 23.0. The average Bonchev–Trinajstić information content (AvgIpc) is 3.49. The van der Waals surface area contributed by atoms with E-state index in [1.165, 1.54) is 173 Å². The Kier molecular flexibility index (Phi) is 50.7. The van der Waals surface area contributed by atoms with Crippen molar-refractivity contribution in [1.29, 1.82) is 0 Å². The van der Waals surface area contributed by atoms with E-state index in [0.29, 0.717) is 79.3 Å². The quantitative estimate of drug-likeness (QED) is 0.0509. The lowest BCUT2D eigenvalue weighted by Gasteiger charge is -2.23. The van der Waals surface area contributed by atoms with Gasteiger partial charge in [-0.15, -0.1) is 0 Å². The van der Waals surface area contributed by atoms with Crippen LogP contribution in [0.3, 0.4) is 0 Å². The minimum Gasteiger partial charge on any atom is -0.488 e. The van der Waals surface area contributed by atoms with Gasteiger partial charge in [-0.25, -0.2) is 0 Å². The van der Waals surface area contributed by atoms with Crippen molar-refractivity contribution in [3.63, 3.8) is 0 Å². The maximum absolute atomic E-state index is 6.41. The Bertz CT molecular complexity index is 1510. The Morgan fingerprint density at radius 2 is 0.476 bits per heavy atom. The van der Waals surface area contributed by atoms with Crippen molar-refractivity contribution < 1.29 is 42.6 Å². The molecule has 0 radical (unpaired) electrons. The van der Waals surface area contributed by atoms with Crippen molar-refractivity contribution in [2.24, 2.45) is 0 Å². The molecule has 0 fully saturated rings. The standard InChI is InChI=1S/C72H123NO9/c1-4-7-10-13-16-19-22-25-28-34-49-70(80-67-43-37-31-38-44-67)64-77-61-58-74-55-52-73(53-56-75-59-62-78-65-71(81-68-45-39-32-40-46-68)50-35-29-26-23-20-17-14-11-8-5-2)54-57-76-60-63-79-66-72(82-69-47-41-33-42-48-69)51-36-30-27-24-21-18-15-12-9-6-3/h31-33,37-48,70-72H,4-30,34-36,49-66H2,1-3H3. The van der Waals surface area contributed by atoms with Crippen molar-refractivity contribution in [2.75, 3.05) is 98.9 Å². The zero-order valence-corrected chi connectivity index (χ0v) is 53.0. The van der Waals surface area contributed by atoms with E-state index in [0.717, 1.165) is 75.4 Å². The molecule has 470 valence electrons. The number of hydrogen-bond donors (Lipinski definition) is 0. The fourth-order valence-electron chi connectivity index (χ4n) is 10.4. The van der Waals surface area contributed by atoms with Crippen LogP contribution in [0.25, 0.3) is 0 Å². The summed E-state index contributed by atoms with van der Waals surface area (Å²) >= 11 is 0. The first-order valence-electron chi connectivity index (χ1n) is 34.0. The molecule has 10 nitrogen and oxygen atoms in total. The van der Waals surface area contributed by atoms with Gasteiger partial charge in [0.25, 0.3) is 0 Å². The maximum atomic E-state index is 6.41. The van der Waals surface area contributed by atoms with E-state index < -0.39 is 0 Å². The molecule has 0 heterocycles. The first-order valence-corrected chi connectivity index (χ1v) is 34.0. The Balaban J connectivity index is 1.41. The van der Waals surface area contributed by atoms with E-state index in [1.807, 2.05) is 91.0 Å². The number of benzene rings is 3. The van der Waals surface area contributed by atoms with Crippen LogP contribution in [0, 0.1) is 0 Å². The van der Waals surface area contributed by atoms with E-state index in [4.69, 9.17) is 42.6 Å². The Morgan fingerprint density at radius 1 is 0.256 bits per heavy atom. The summed E-state index contributed by atoms with van der Waals surface area (Å²) in [5.41, 5.74) is 0. The van der Waals surface area contributed by atoms with Gasteiger partial charge >= 0.3 is 0 Å². The summed E-state index contributed by atoms with van der Waals surface area (Å²) in [5, 5.41) is 0. The molecule has 3 unspecified atom stereocenters. The van der Waals surface area contributed by atoms with Crippen LogP contribution in [-0.4, -0.2) is 122 Å². The highest BCUT2D eigenvalue weighted by atomic mass is 16.6. The number of rotatable bonds is 63. The topological polar surface area (TPSA) is 86.3 Å². The number of para-hydroxylation sites is 3. The van der Waals surface area contributed by atoms with Crippen LogP contribution in [-0.2, 0) is 28.4 Å². The molecule has 0 aromatic heterocycles. The van der Waals surface area contributed by atoms with Crippen LogP contribution in [0.15, 0.2) is 91.0 Å². The van der Waals surface area contributed by atoms with Gasteiger partial charge in [-0.1, -0.05) is 249 Å². The Hall–Kier alpha value is -3.22. The molecule has 0 aliphatic heterocycles. The normalized spacial score (nSPS) is 12.7. The number of hydrogen-bond acceptors (Lipinski definition) is 10. The molecule has 3 rings (SSSR count). The van der Waals surface area contributed by atoms with Gasteiger partial charge in [0.2, 0.25) is 0 Å². The minimum absolute atomic E-state index is 0.0274. The number of unbranched alkanes of at least 4 members (excludes halogenated alkanes) is 27. The third-order valence-electron chi connectivity index (χ3n) is 15.5. The van der Waals surface area contributed by atoms with Gasteiger partial charge in [0, 0.05) is 19.6 Å². The fraction of sp³-hybridized carbons (Fsp3) is 0.750. The predicted octanol–water partition coefficient (Wildman–Crippen LogP) is 18.7. The highest BCUT2D eigenvalue weighted by molar-refractivity contribution is 5.22. The van der Waals surface area contributed by atoms with Crippen LogP contribution >= 0.6 is 0 Å². The van der Waals surface area contributed by atoms with Crippen LogP contribution in [0.1, 0.15) is 233 Å². The molecule has 3 atom stereocenters. The highest BCUT2D eigenvalue weighted by Crippen LogP contribution is 2.21. The zero-order valence-electron chi connectivity index (χ0n) is 53.0. The third kappa shape index (κ3) is 45.2. The molecular formula is C72H123NO9. The smallest absolute Gasteiger partial charge is 0.122 e. The highest BCUT2D eigenvalue weighted by Gasteiger charge is 2.15. The molecule has 0 aliphatic rings. The van der Waals surface area contributed by atoms with E-state index >= 15 is 0 Å². The predicted molar refractivity (Wildman–Crippen MR) is 343 cm³/mol. The summed E-state index contributed by atoms with van der Waals surface area (Å²) in [6.07, 6.45) is 42.8. The molecule has 0 bridgehead atoms. The molecule has 0 saturated heterocycles. The molecule has 0 spiro atoms. The first-order chi connectivity index (χ1) is 40.7. The van der Waals surface area contributed by atoms with E-state index in [-0.39, 0.29) is 18.3 Å². The second-order valence-electron chi connectivity index (χ2n) is 23.0. The summed E-state index contributed by atoms with van der Waals surface area (Å²) in [7, 11) is 0. The summed E-state index contributed by atoms with van der Waals surface area (Å²) in [4.78, 5) is 2.37. The maximum Gasteiger partial charge on any atom is 0.122 e. The first kappa shape index (κ1) is 73.0. The summed E-state index contributed by atoms with van der Waals surface area (Å²) < 4.78 is 56.3. The van der Waals surface area contributed by atoms with Crippen LogP contribution in [0.4, 0.5) is 0 Å². The molecule has 3 aromatic carbocycles. The van der Waals surface area contributed by atoms with Gasteiger partial charge < -0.3 is 42.6 Å². The molecule has 0 aliphatic carbocycles. The van der Waals surface area contributed by atoms with Gasteiger partial charge in [0.15, 0.2) is 0 Å². The van der Waals surface area contributed by atoms with Crippen molar-refractivity contribution in [1.82, 2.24) is 4.90 Å². The zero-order chi connectivity index (χ0) is 58.0. The molecule has 0 saturated carbocycles. The van der Waals surface area contributed by atoms with Crippen LogP contribution in [0.2, 0.25) is 0 Å². The van der Waals surface area contributed by atoms with E-state index in [1.54, 1.807) is 0 Å². The van der Waals surface area contributed by atoms with Gasteiger partial charge in [-0.2, -0.15) is 0 Å². The third-order valence-corrected chi connectivity index (χ3v) is 15.5. The van der Waals surface area contributed by atoms with Gasteiger partial charge in [0.05, 0.1) is 79.3 Å². The molecule has 3 aromatic rings. The monoisotopic (exact) mass is 1150 g/mol. The van der Waals surface area contributed by atoms with Crippen LogP contribution in [0.5, 0.6) is 17.2 Å². The number of nitrogens with zero attached hydrogens (tertiary/aromatic N) is 1. The van der Waals surface area contributed by atoms with Crippen molar-refractivity contribution >= 4 is 0 Å². The molecular weight excluding hydrogens is 1020 g/mol. The Labute approximate surface area is 503 Å². The fourth-order valence-corrected chi connectivity index (χ4v) is 10.4. The summed E-state index contributed by atoms with van der Waals surface area (Å²) in [6, 6.07) is 30.5. The molecule has 0 amide bonds. The van der Waals surface area contributed by atoms with E-state index in [9.17, 15) is 0 Å². The average molecular weight is 1150 g/mol.